The lowest BCUT2D eigenvalue weighted by atomic mass is 9.72. The predicted octanol–water partition coefficient (Wildman–Crippen LogP) is 7.47. The molecule has 0 heterocycles. The Labute approximate surface area is 228 Å². The van der Waals surface area contributed by atoms with E-state index in [0.717, 1.165) is 0 Å². The third-order valence-electron chi connectivity index (χ3n) is 6.13. The molecule has 0 saturated heterocycles. The average Bonchev–Trinajstić information content (AvgIpc) is 3.17. The lowest BCUT2D eigenvalue weighted by Crippen LogP contribution is -2.49. The summed E-state index contributed by atoms with van der Waals surface area (Å²) in [5.41, 5.74) is -11.5. The highest BCUT2D eigenvalue weighted by atomic mass is 19.3. The van der Waals surface area contributed by atoms with Gasteiger partial charge in [-0.1, -0.05) is 0 Å². The number of hydrogen-bond donors (Lipinski definition) is 0. The zero-order chi connectivity index (χ0) is 31.9. The summed E-state index contributed by atoms with van der Waals surface area (Å²) in [5, 5.41) is 0. The molecule has 0 amide bonds. The maximum absolute atomic E-state index is 15.6. The normalized spacial score (nSPS) is 13.2. The standard InChI is InChI=1S/C25H4BF15O2/c27-5-1-7(29)16(31)9(3-5)42-26(43-10-4-6(28)2-8(30)17(10)32)15-13-11(18(33)22(37)21(15)36)12-14(25(13,40)41)20(35)24(39)23(38)19(12)34/h1-4H. The van der Waals surface area contributed by atoms with E-state index in [2.05, 4.69) is 9.31 Å². The highest BCUT2D eigenvalue weighted by Crippen LogP contribution is 2.54. The predicted molar refractivity (Wildman–Crippen MR) is 114 cm³/mol. The lowest BCUT2D eigenvalue weighted by Gasteiger charge is -2.23. The van der Waals surface area contributed by atoms with E-state index in [1.807, 2.05) is 0 Å². The molecule has 2 nitrogen and oxygen atoms in total. The van der Waals surface area contributed by atoms with Gasteiger partial charge < -0.3 is 9.31 Å². The molecule has 0 spiro atoms. The highest BCUT2D eigenvalue weighted by Gasteiger charge is 2.57. The van der Waals surface area contributed by atoms with E-state index in [0.29, 0.717) is 0 Å². The molecule has 43 heavy (non-hydrogen) atoms. The largest absolute Gasteiger partial charge is 0.636 e. The Morgan fingerprint density at radius 2 is 0.837 bits per heavy atom. The zero-order valence-electron chi connectivity index (χ0n) is 19.9. The van der Waals surface area contributed by atoms with E-state index in [4.69, 9.17) is 0 Å². The third kappa shape index (κ3) is 4.41. The first-order valence-electron chi connectivity index (χ1n) is 11.1. The van der Waals surface area contributed by atoms with Crippen molar-refractivity contribution in [2.45, 2.75) is 5.92 Å². The van der Waals surface area contributed by atoms with Gasteiger partial charge in [-0.25, -0.2) is 48.3 Å². The van der Waals surface area contributed by atoms with Crippen LogP contribution in [0.1, 0.15) is 11.1 Å². The van der Waals surface area contributed by atoms with Crippen LogP contribution in [0.25, 0.3) is 11.1 Å². The third-order valence-corrected chi connectivity index (χ3v) is 6.13. The second-order valence-electron chi connectivity index (χ2n) is 8.65. The molecule has 4 aromatic rings. The SMILES string of the molecule is Fc1cc(F)c(F)c(OB(Oc2cc(F)cc(F)c2F)c2c(F)c(F)c(F)c3c2C(F)(F)c2c(F)c(F)c(F)c(F)c2-3)c1. The Hall–Kier alpha value is -4.51. The summed E-state index contributed by atoms with van der Waals surface area (Å²) < 4.78 is 227. The first kappa shape index (κ1) is 30.0. The Kier molecular flexibility index (Phi) is 7.00. The van der Waals surface area contributed by atoms with Gasteiger partial charge in [0.1, 0.15) is 23.1 Å². The van der Waals surface area contributed by atoms with Gasteiger partial charge in [0.2, 0.25) is 0 Å². The molecule has 5 rings (SSSR count). The zero-order valence-corrected chi connectivity index (χ0v) is 19.9. The Morgan fingerprint density at radius 1 is 0.442 bits per heavy atom. The molecular formula is C25H4BF15O2. The van der Waals surface area contributed by atoms with Crippen LogP contribution in [0, 0.1) is 75.6 Å². The summed E-state index contributed by atoms with van der Waals surface area (Å²) in [6, 6.07) is -0.331. The second-order valence-corrected chi connectivity index (χ2v) is 8.65. The molecule has 0 unspecified atom stereocenters. The minimum Gasteiger partial charge on any atom is -0.520 e. The number of alkyl halides is 2. The molecule has 1 aliphatic carbocycles. The van der Waals surface area contributed by atoms with Crippen molar-refractivity contribution in [1.29, 1.82) is 0 Å². The molecule has 0 atom stereocenters. The molecule has 0 bridgehead atoms. The molecule has 1 aliphatic rings. The first-order valence-corrected chi connectivity index (χ1v) is 11.1. The molecule has 0 saturated carbocycles. The van der Waals surface area contributed by atoms with Crippen molar-refractivity contribution < 1.29 is 75.2 Å². The van der Waals surface area contributed by atoms with E-state index < -0.39 is 128 Å². The fraction of sp³-hybridized carbons (Fsp3) is 0.0400. The van der Waals surface area contributed by atoms with Crippen molar-refractivity contribution in [2.24, 2.45) is 0 Å². The van der Waals surface area contributed by atoms with Gasteiger partial charge in [0.25, 0.3) is 0 Å². The summed E-state index contributed by atoms with van der Waals surface area (Å²) >= 11 is 0. The van der Waals surface area contributed by atoms with Crippen molar-refractivity contribution >= 4 is 12.6 Å². The maximum atomic E-state index is 15.6. The van der Waals surface area contributed by atoms with Crippen LogP contribution in [0.4, 0.5) is 65.9 Å². The summed E-state index contributed by atoms with van der Waals surface area (Å²) in [5.74, 6) is -40.4. The molecule has 0 aromatic heterocycles. The quantitative estimate of drug-likeness (QED) is 0.0985. The van der Waals surface area contributed by atoms with Gasteiger partial charge >= 0.3 is 13.0 Å². The topological polar surface area (TPSA) is 18.5 Å². The van der Waals surface area contributed by atoms with Crippen LogP contribution in [0.2, 0.25) is 0 Å². The molecule has 0 N–H and O–H groups in total. The highest BCUT2D eigenvalue weighted by molar-refractivity contribution is 6.63. The molecule has 0 radical (unpaired) electrons. The second kappa shape index (κ2) is 10.0. The fourth-order valence-corrected chi connectivity index (χ4v) is 4.36. The van der Waals surface area contributed by atoms with E-state index in [-0.39, 0.29) is 24.3 Å². The molecular weight excluding hydrogens is 628 g/mol. The summed E-state index contributed by atoms with van der Waals surface area (Å²) in [6.45, 7) is 0. The van der Waals surface area contributed by atoms with Crippen LogP contribution in [0.5, 0.6) is 11.5 Å². The molecule has 18 heteroatoms. The van der Waals surface area contributed by atoms with Crippen LogP contribution < -0.4 is 14.8 Å². The Balaban J connectivity index is 1.88. The summed E-state index contributed by atoms with van der Waals surface area (Å²) in [7, 11) is -3.46. The van der Waals surface area contributed by atoms with Gasteiger partial charge in [-0.15, -0.1) is 0 Å². The Bertz CT molecular complexity index is 1800. The minimum atomic E-state index is -5.38. The number of rotatable bonds is 5. The molecule has 4 aromatic carbocycles. The summed E-state index contributed by atoms with van der Waals surface area (Å²) in [6.07, 6.45) is 0. The first-order chi connectivity index (χ1) is 20.0. The fourth-order valence-electron chi connectivity index (χ4n) is 4.36. The van der Waals surface area contributed by atoms with Crippen LogP contribution in [-0.4, -0.2) is 7.12 Å². The molecule has 0 fully saturated rings. The van der Waals surface area contributed by atoms with Gasteiger partial charge in [0.15, 0.2) is 64.0 Å². The van der Waals surface area contributed by atoms with Gasteiger partial charge in [-0.3, -0.25) is 0 Å². The summed E-state index contributed by atoms with van der Waals surface area (Å²) in [4.78, 5) is 0. The van der Waals surface area contributed by atoms with E-state index >= 15 is 13.2 Å². The van der Waals surface area contributed by atoms with Crippen LogP contribution in [-0.2, 0) is 5.92 Å². The number of fused-ring (bicyclic) bond motifs is 3. The van der Waals surface area contributed by atoms with Crippen LogP contribution in [0.3, 0.4) is 0 Å². The van der Waals surface area contributed by atoms with Crippen LogP contribution in [0.15, 0.2) is 24.3 Å². The van der Waals surface area contributed by atoms with Gasteiger partial charge in [-0.2, -0.15) is 17.6 Å². The molecule has 224 valence electrons. The van der Waals surface area contributed by atoms with Crippen molar-refractivity contribution in [3.8, 4) is 22.6 Å². The van der Waals surface area contributed by atoms with Gasteiger partial charge in [0.05, 0.1) is 11.0 Å². The number of halogens is 15. The maximum Gasteiger partial charge on any atom is 0.636 e. The van der Waals surface area contributed by atoms with Gasteiger partial charge in [-0.05, 0) is 0 Å². The monoisotopic (exact) mass is 632 g/mol. The lowest BCUT2D eigenvalue weighted by molar-refractivity contribution is 0.0433. The van der Waals surface area contributed by atoms with Gasteiger partial charge in [0, 0.05) is 41.0 Å². The molecule has 0 aliphatic heterocycles. The van der Waals surface area contributed by atoms with Crippen molar-refractivity contribution in [3.63, 3.8) is 0 Å². The van der Waals surface area contributed by atoms with E-state index in [1.165, 1.54) is 0 Å². The smallest absolute Gasteiger partial charge is 0.520 e. The van der Waals surface area contributed by atoms with E-state index in [1.54, 1.807) is 0 Å². The van der Waals surface area contributed by atoms with Crippen molar-refractivity contribution in [3.05, 3.63) is 111 Å². The van der Waals surface area contributed by atoms with E-state index in [9.17, 15) is 52.7 Å². The van der Waals surface area contributed by atoms with Crippen molar-refractivity contribution in [1.82, 2.24) is 0 Å². The minimum absolute atomic E-state index is 0.0632. The van der Waals surface area contributed by atoms with Crippen LogP contribution >= 0.6 is 0 Å². The Morgan fingerprint density at radius 3 is 1.30 bits per heavy atom. The average molecular weight is 632 g/mol. The number of hydrogen-bond acceptors (Lipinski definition) is 2. The number of benzene rings is 4. The van der Waals surface area contributed by atoms with Crippen molar-refractivity contribution in [2.75, 3.05) is 0 Å².